The minimum atomic E-state index is 0.341. The number of benzene rings is 1. The van der Waals surface area contributed by atoms with Gasteiger partial charge in [-0.25, -0.2) is 0 Å². The molecule has 1 unspecified atom stereocenters. The molecule has 7 heteroatoms. The maximum absolute atomic E-state index is 5.11. The van der Waals surface area contributed by atoms with Crippen molar-refractivity contribution in [2.24, 2.45) is 4.99 Å². The van der Waals surface area contributed by atoms with Crippen molar-refractivity contribution in [3.8, 4) is 0 Å². The maximum Gasteiger partial charge on any atom is 0.191 e. The molecular weight excluding hydrogens is 398 g/mol. The van der Waals surface area contributed by atoms with Crippen LogP contribution in [0.3, 0.4) is 0 Å². The zero-order chi connectivity index (χ0) is 22.0. The van der Waals surface area contributed by atoms with E-state index in [2.05, 4.69) is 67.6 Å². The lowest BCUT2D eigenvalue weighted by molar-refractivity contribution is 0.251. The summed E-state index contributed by atoms with van der Waals surface area (Å²) in [6.45, 7) is 6.88. The normalized spacial score (nSPS) is 19.2. The van der Waals surface area contributed by atoms with Crippen LogP contribution in [0.25, 0.3) is 0 Å². The molecule has 2 aliphatic rings. The smallest absolute Gasteiger partial charge is 0.191 e. The van der Waals surface area contributed by atoms with Crippen LogP contribution in [0.1, 0.15) is 69.3 Å². The van der Waals surface area contributed by atoms with Crippen molar-refractivity contribution >= 4 is 5.96 Å². The van der Waals surface area contributed by atoms with Gasteiger partial charge in [0.2, 0.25) is 0 Å². The van der Waals surface area contributed by atoms with E-state index in [1.54, 1.807) is 0 Å². The molecule has 1 saturated heterocycles. The first-order chi connectivity index (χ1) is 15.8. The molecule has 32 heavy (non-hydrogen) atoms. The SMILES string of the molecule is CCc1nncn1CCNC(=NCC(c1ccccc1)N1CCCC1)NC1CCCCC1. The molecule has 2 N–H and O–H groups in total. The zero-order valence-corrected chi connectivity index (χ0v) is 19.5. The highest BCUT2D eigenvalue weighted by molar-refractivity contribution is 5.80. The number of aromatic nitrogens is 3. The van der Waals surface area contributed by atoms with Crippen LogP contribution < -0.4 is 10.6 Å². The second kappa shape index (κ2) is 12.0. The summed E-state index contributed by atoms with van der Waals surface area (Å²) in [5, 5.41) is 15.6. The average molecular weight is 438 g/mol. The van der Waals surface area contributed by atoms with Gasteiger partial charge in [-0.2, -0.15) is 0 Å². The standard InChI is InChI=1S/C25H39N7/c1-2-24-30-28-20-32(24)18-15-26-25(29-22-13-7-4-8-14-22)27-19-23(31-16-9-10-17-31)21-11-5-3-6-12-21/h3,5-6,11-12,20,22-23H,2,4,7-10,13-19H2,1H3,(H2,26,27,29). The monoisotopic (exact) mass is 437 g/mol. The predicted molar refractivity (Wildman–Crippen MR) is 130 cm³/mol. The van der Waals surface area contributed by atoms with Gasteiger partial charge in [0.15, 0.2) is 5.96 Å². The Kier molecular flexibility index (Phi) is 8.54. The Hall–Kier alpha value is -2.41. The number of hydrogen-bond acceptors (Lipinski definition) is 4. The molecule has 1 atom stereocenters. The zero-order valence-electron chi connectivity index (χ0n) is 19.5. The molecule has 0 bridgehead atoms. The molecule has 1 saturated carbocycles. The molecule has 2 heterocycles. The first-order valence-corrected chi connectivity index (χ1v) is 12.5. The van der Waals surface area contributed by atoms with Crippen LogP contribution in [0, 0.1) is 0 Å². The number of guanidine groups is 1. The van der Waals surface area contributed by atoms with Crippen molar-refractivity contribution < 1.29 is 0 Å². The third-order valence-electron chi connectivity index (χ3n) is 6.79. The molecule has 0 radical (unpaired) electrons. The third-order valence-corrected chi connectivity index (χ3v) is 6.79. The highest BCUT2D eigenvalue weighted by atomic mass is 15.3. The number of likely N-dealkylation sites (tertiary alicyclic amines) is 1. The van der Waals surface area contributed by atoms with Crippen molar-refractivity contribution in [1.29, 1.82) is 0 Å². The average Bonchev–Trinajstić information content (AvgIpc) is 3.53. The lowest BCUT2D eigenvalue weighted by atomic mass is 9.96. The van der Waals surface area contributed by atoms with Gasteiger partial charge in [-0.1, -0.05) is 56.5 Å². The Morgan fingerprint density at radius 3 is 2.62 bits per heavy atom. The molecule has 1 aliphatic heterocycles. The second-order valence-corrected chi connectivity index (χ2v) is 9.06. The van der Waals surface area contributed by atoms with Gasteiger partial charge in [-0.15, -0.1) is 10.2 Å². The molecule has 1 aromatic heterocycles. The van der Waals surface area contributed by atoms with Crippen molar-refractivity contribution in [2.75, 3.05) is 26.2 Å². The summed E-state index contributed by atoms with van der Waals surface area (Å²) in [6.07, 6.45) is 11.8. The minimum absolute atomic E-state index is 0.341. The van der Waals surface area contributed by atoms with Crippen molar-refractivity contribution in [3.05, 3.63) is 48.0 Å². The number of nitrogens with zero attached hydrogens (tertiary/aromatic N) is 5. The quantitative estimate of drug-likeness (QED) is 0.464. The van der Waals surface area contributed by atoms with E-state index in [1.165, 1.54) is 63.6 Å². The van der Waals surface area contributed by atoms with Crippen LogP contribution >= 0.6 is 0 Å². The lowest BCUT2D eigenvalue weighted by Gasteiger charge is -2.28. The first kappa shape index (κ1) is 22.8. The molecule has 0 spiro atoms. The second-order valence-electron chi connectivity index (χ2n) is 9.06. The molecular formula is C25H39N7. The summed E-state index contributed by atoms with van der Waals surface area (Å²) in [5.74, 6) is 1.98. The van der Waals surface area contributed by atoms with Gasteiger partial charge in [-0.3, -0.25) is 9.89 Å². The van der Waals surface area contributed by atoms with Gasteiger partial charge in [-0.05, 0) is 44.3 Å². The molecule has 0 amide bonds. The van der Waals surface area contributed by atoms with Crippen LogP contribution in [0.15, 0.2) is 41.7 Å². The van der Waals surface area contributed by atoms with Gasteiger partial charge < -0.3 is 15.2 Å². The maximum atomic E-state index is 5.11. The van der Waals surface area contributed by atoms with Crippen molar-refractivity contribution in [3.63, 3.8) is 0 Å². The Morgan fingerprint density at radius 1 is 1.09 bits per heavy atom. The molecule has 2 fully saturated rings. The third kappa shape index (κ3) is 6.31. The van der Waals surface area contributed by atoms with E-state index in [9.17, 15) is 0 Å². The van der Waals surface area contributed by atoms with Gasteiger partial charge in [0, 0.05) is 25.6 Å². The number of nitrogens with one attached hydrogen (secondary N) is 2. The Balaban J connectivity index is 1.44. The number of hydrogen-bond donors (Lipinski definition) is 2. The van der Waals surface area contributed by atoms with Crippen LogP contribution in [0.5, 0.6) is 0 Å². The summed E-state index contributed by atoms with van der Waals surface area (Å²) < 4.78 is 2.13. The van der Waals surface area contributed by atoms with Gasteiger partial charge in [0.05, 0.1) is 12.6 Å². The fraction of sp³-hybridized carbons (Fsp3) is 0.640. The molecule has 1 aromatic carbocycles. The van der Waals surface area contributed by atoms with E-state index in [4.69, 9.17) is 4.99 Å². The summed E-state index contributed by atoms with van der Waals surface area (Å²) >= 11 is 0. The summed E-state index contributed by atoms with van der Waals surface area (Å²) in [5.41, 5.74) is 1.37. The topological polar surface area (TPSA) is 70.4 Å². The van der Waals surface area contributed by atoms with E-state index in [-0.39, 0.29) is 0 Å². The fourth-order valence-corrected chi connectivity index (χ4v) is 4.96. The van der Waals surface area contributed by atoms with E-state index >= 15 is 0 Å². The highest BCUT2D eigenvalue weighted by Gasteiger charge is 2.23. The Bertz CT molecular complexity index is 820. The van der Waals surface area contributed by atoms with Crippen molar-refractivity contribution in [1.82, 2.24) is 30.3 Å². The summed E-state index contributed by atoms with van der Waals surface area (Å²) in [6, 6.07) is 11.8. The lowest BCUT2D eigenvalue weighted by Crippen LogP contribution is -2.45. The van der Waals surface area contributed by atoms with E-state index < -0.39 is 0 Å². The number of aliphatic imine (C=N–C) groups is 1. The van der Waals surface area contributed by atoms with E-state index in [0.717, 1.165) is 37.8 Å². The molecule has 174 valence electrons. The van der Waals surface area contributed by atoms with Gasteiger partial charge in [0.25, 0.3) is 0 Å². The van der Waals surface area contributed by atoms with Crippen LogP contribution in [-0.4, -0.2) is 57.8 Å². The van der Waals surface area contributed by atoms with Crippen molar-refractivity contribution in [2.45, 2.75) is 76.9 Å². The Morgan fingerprint density at radius 2 is 1.88 bits per heavy atom. The van der Waals surface area contributed by atoms with E-state index in [1.807, 2.05) is 6.33 Å². The van der Waals surface area contributed by atoms with Gasteiger partial charge in [0.1, 0.15) is 12.2 Å². The number of aryl methyl sites for hydroxylation is 1. The predicted octanol–water partition coefficient (Wildman–Crippen LogP) is 3.55. The fourth-order valence-electron chi connectivity index (χ4n) is 4.96. The van der Waals surface area contributed by atoms with Crippen LogP contribution in [0.2, 0.25) is 0 Å². The molecule has 4 rings (SSSR count). The van der Waals surface area contributed by atoms with Gasteiger partial charge >= 0.3 is 0 Å². The molecule has 7 nitrogen and oxygen atoms in total. The van der Waals surface area contributed by atoms with Crippen LogP contribution in [-0.2, 0) is 13.0 Å². The minimum Gasteiger partial charge on any atom is -0.355 e. The first-order valence-electron chi connectivity index (χ1n) is 12.5. The largest absolute Gasteiger partial charge is 0.355 e. The number of rotatable bonds is 9. The molecule has 1 aliphatic carbocycles. The van der Waals surface area contributed by atoms with Crippen LogP contribution in [0.4, 0.5) is 0 Å². The summed E-state index contributed by atoms with van der Waals surface area (Å²) in [4.78, 5) is 7.71. The Labute approximate surface area is 192 Å². The van der Waals surface area contributed by atoms with E-state index in [0.29, 0.717) is 12.1 Å². The highest BCUT2D eigenvalue weighted by Crippen LogP contribution is 2.25. The summed E-state index contributed by atoms with van der Waals surface area (Å²) in [7, 11) is 0. The molecule has 2 aromatic rings.